The fourth-order valence-electron chi connectivity index (χ4n) is 2.33. The smallest absolute Gasteiger partial charge is 0.220 e. The number of carbonyl (C=O) groups is 1. The highest BCUT2D eigenvalue weighted by Crippen LogP contribution is 2.11. The van der Waals surface area contributed by atoms with Crippen LogP contribution in [0.3, 0.4) is 0 Å². The van der Waals surface area contributed by atoms with Gasteiger partial charge in [0.25, 0.3) is 0 Å². The van der Waals surface area contributed by atoms with Crippen LogP contribution in [-0.2, 0) is 4.79 Å². The zero-order valence-corrected chi connectivity index (χ0v) is 12.8. The fraction of sp³-hybridized carbons (Fsp3) is 0.562. The highest BCUT2D eigenvalue weighted by atomic mass is 19.1. The molecule has 1 fully saturated rings. The van der Waals surface area contributed by atoms with E-state index in [4.69, 9.17) is 4.74 Å². The summed E-state index contributed by atoms with van der Waals surface area (Å²) in [4.78, 5) is 14.0. The van der Waals surface area contributed by atoms with E-state index >= 15 is 0 Å². The summed E-state index contributed by atoms with van der Waals surface area (Å²) in [7, 11) is 0. The molecular formula is C16H24FN3O2. The van der Waals surface area contributed by atoms with E-state index in [1.807, 2.05) is 0 Å². The molecule has 0 saturated carbocycles. The first-order valence-electron chi connectivity index (χ1n) is 7.82. The maximum absolute atomic E-state index is 12.7. The molecule has 1 aliphatic heterocycles. The van der Waals surface area contributed by atoms with Gasteiger partial charge in [0.15, 0.2) is 0 Å². The van der Waals surface area contributed by atoms with Gasteiger partial charge in [-0.15, -0.1) is 0 Å². The van der Waals surface area contributed by atoms with E-state index in [0.717, 1.165) is 32.7 Å². The second kappa shape index (κ2) is 9.38. The maximum Gasteiger partial charge on any atom is 0.220 e. The second-order valence-electron chi connectivity index (χ2n) is 5.35. The topological polar surface area (TPSA) is 53.6 Å². The summed E-state index contributed by atoms with van der Waals surface area (Å²) in [5.41, 5.74) is 0. The molecule has 0 radical (unpaired) electrons. The molecule has 0 unspecified atom stereocenters. The van der Waals surface area contributed by atoms with Gasteiger partial charge < -0.3 is 15.4 Å². The van der Waals surface area contributed by atoms with Gasteiger partial charge in [0, 0.05) is 45.7 Å². The summed E-state index contributed by atoms with van der Waals surface area (Å²) in [5, 5.41) is 6.23. The number of carbonyl (C=O) groups excluding carboxylic acids is 1. The first kappa shape index (κ1) is 16.7. The van der Waals surface area contributed by atoms with Crippen molar-refractivity contribution in [1.29, 1.82) is 0 Å². The molecule has 0 atom stereocenters. The average Bonchev–Trinajstić information content (AvgIpc) is 2.54. The number of nitrogens with zero attached hydrogens (tertiary/aromatic N) is 1. The van der Waals surface area contributed by atoms with E-state index < -0.39 is 0 Å². The van der Waals surface area contributed by atoms with E-state index in [9.17, 15) is 9.18 Å². The Morgan fingerprint density at radius 3 is 2.73 bits per heavy atom. The van der Waals surface area contributed by atoms with Crippen LogP contribution >= 0.6 is 0 Å². The first-order valence-corrected chi connectivity index (χ1v) is 7.82. The SMILES string of the molecule is O=C(CCCOc1ccc(F)cc1)NCCN1CCNCC1. The zero-order valence-electron chi connectivity index (χ0n) is 12.8. The van der Waals surface area contributed by atoms with E-state index in [1.54, 1.807) is 12.1 Å². The van der Waals surface area contributed by atoms with Crippen LogP contribution in [0.4, 0.5) is 4.39 Å². The molecule has 122 valence electrons. The van der Waals surface area contributed by atoms with Gasteiger partial charge in [-0.2, -0.15) is 0 Å². The predicted molar refractivity (Wildman–Crippen MR) is 83.4 cm³/mol. The Morgan fingerprint density at radius 1 is 1.27 bits per heavy atom. The molecular weight excluding hydrogens is 285 g/mol. The van der Waals surface area contributed by atoms with Crippen LogP contribution in [-0.4, -0.2) is 56.7 Å². The molecule has 6 heteroatoms. The Hall–Kier alpha value is -1.66. The maximum atomic E-state index is 12.7. The van der Waals surface area contributed by atoms with Gasteiger partial charge in [-0.25, -0.2) is 4.39 Å². The standard InChI is InChI=1S/C16H24FN3O2/c17-14-3-5-15(6-4-14)22-13-1-2-16(21)19-9-12-20-10-7-18-8-11-20/h3-6,18H,1-2,7-13H2,(H,19,21). The van der Waals surface area contributed by atoms with E-state index in [1.165, 1.54) is 12.1 Å². The number of ether oxygens (including phenoxy) is 1. The summed E-state index contributed by atoms with van der Waals surface area (Å²) in [6.07, 6.45) is 1.10. The monoisotopic (exact) mass is 309 g/mol. The predicted octanol–water partition coefficient (Wildman–Crippen LogP) is 1.01. The van der Waals surface area contributed by atoms with Crippen molar-refractivity contribution in [2.45, 2.75) is 12.8 Å². The molecule has 22 heavy (non-hydrogen) atoms. The lowest BCUT2D eigenvalue weighted by Gasteiger charge is -2.27. The number of rotatable bonds is 8. The van der Waals surface area contributed by atoms with Gasteiger partial charge >= 0.3 is 0 Å². The number of nitrogens with one attached hydrogen (secondary N) is 2. The van der Waals surface area contributed by atoms with Crippen LogP contribution in [0.2, 0.25) is 0 Å². The van der Waals surface area contributed by atoms with Crippen LogP contribution in [0.5, 0.6) is 5.75 Å². The van der Waals surface area contributed by atoms with E-state index in [0.29, 0.717) is 31.7 Å². The van der Waals surface area contributed by atoms with Crippen LogP contribution in [0.25, 0.3) is 0 Å². The van der Waals surface area contributed by atoms with Crippen LogP contribution in [0, 0.1) is 5.82 Å². The molecule has 0 spiro atoms. The molecule has 1 amide bonds. The lowest BCUT2D eigenvalue weighted by molar-refractivity contribution is -0.121. The molecule has 2 rings (SSSR count). The number of hydrogen-bond acceptors (Lipinski definition) is 4. The van der Waals surface area contributed by atoms with Gasteiger partial charge in [0.1, 0.15) is 11.6 Å². The van der Waals surface area contributed by atoms with Gasteiger partial charge in [0.05, 0.1) is 6.61 Å². The van der Waals surface area contributed by atoms with E-state index in [-0.39, 0.29) is 11.7 Å². The molecule has 1 heterocycles. The third-order valence-electron chi connectivity index (χ3n) is 3.59. The van der Waals surface area contributed by atoms with E-state index in [2.05, 4.69) is 15.5 Å². The molecule has 0 aliphatic carbocycles. The minimum absolute atomic E-state index is 0.0536. The molecule has 0 bridgehead atoms. The largest absolute Gasteiger partial charge is 0.494 e. The number of halogens is 1. The zero-order chi connectivity index (χ0) is 15.6. The number of benzene rings is 1. The quantitative estimate of drug-likeness (QED) is 0.704. The van der Waals surface area contributed by atoms with Gasteiger partial charge in [0.2, 0.25) is 5.91 Å². The Kier molecular flexibility index (Phi) is 7.12. The molecule has 0 aromatic heterocycles. The summed E-state index contributed by atoms with van der Waals surface area (Å²) < 4.78 is 18.2. The Morgan fingerprint density at radius 2 is 2.00 bits per heavy atom. The number of piperazine rings is 1. The number of amides is 1. The second-order valence-corrected chi connectivity index (χ2v) is 5.35. The van der Waals surface area contributed by atoms with Crippen molar-refractivity contribution in [3.05, 3.63) is 30.1 Å². The summed E-state index contributed by atoms with van der Waals surface area (Å²) in [6, 6.07) is 5.89. The van der Waals surface area contributed by atoms with Crippen molar-refractivity contribution < 1.29 is 13.9 Å². The van der Waals surface area contributed by atoms with Crippen LogP contribution in [0.15, 0.2) is 24.3 Å². The van der Waals surface area contributed by atoms with Crippen molar-refractivity contribution in [3.8, 4) is 5.75 Å². The minimum atomic E-state index is -0.281. The summed E-state index contributed by atoms with van der Waals surface area (Å²) in [5.74, 6) is 0.398. The summed E-state index contributed by atoms with van der Waals surface area (Å²) in [6.45, 7) is 6.18. The molecule has 1 aromatic rings. The van der Waals surface area contributed by atoms with Crippen molar-refractivity contribution in [1.82, 2.24) is 15.5 Å². The highest BCUT2D eigenvalue weighted by Gasteiger charge is 2.09. The van der Waals surface area contributed by atoms with Crippen molar-refractivity contribution in [2.24, 2.45) is 0 Å². The van der Waals surface area contributed by atoms with Crippen LogP contribution < -0.4 is 15.4 Å². The van der Waals surface area contributed by atoms with Gasteiger partial charge in [-0.1, -0.05) is 0 Å². The third kappa shape index (κ3) is 6.41. The molecule has 1 aliphatic rings. The Bertz CT molecular complexity index is 447. The van der Waals surface area contributed by atoms with Gasteiger partial charge in [-0.3, -0.25) is 9.69 Å². The average molecular weight is 309 g/mol. The lowest BCUT2D eigenvalue weighted by atomic mass is 10.3. The third-order valence-corrected chi connectivity index (χ3v) is 3.59. The lowest BCUT2D eigenvalue weighted by Crippen LogP contribution is -2.46. The minimum Gasteiger partial charge on any atom is -0.494 e. The summed E-state index contributed by atoms with van der Waals surface area (Å²) >= 11 is 0. The molecule has 1 saturated heterocycles. The molecule has 5 nitrogen and oxygen atoms in total. The Balaban J connectivity index is 1.49. The molecule has 1 aromatic carbocycles. The molecule has 2 N–H and O–H groups in total. The van der Waals surface area contributed by atoms with Gasteiger partial charge in [-0.05, 0) is 30.7 Å². The van der Waals surface area contributed by atoms with Crippen LogP contribution in [0.1, 0.15) is 12.8 Å². The normalized spacial score (nSPS) is 15.5. The Labute approximate surface area is 130 Å². The van der Waals surface area contributed by atoms with Crippen molar-refractivity contribution >= 4 is 5.91 Å². The number of hydrogen-bond donors (Lipinski definition) is 2. The highest BCUT2D eigenvalue weighted by molar-refractivity contribution is 5.75. The first-order chi connectivity index (χ1) is 10.7. The van der Waals surface area contributed by atoms with Crippen molar-refractivity contribution in [2.75, 3.05) is 45.9 Å². The fourth-order valence-corrected chi connectivity index (χ4v) is 2.33. The van der Waals surface area contributed by atoms with Crippen molar-refractivity contribution in [3.63, 3.8) is 0 Å².